The zero-order valence-corrected chi connectivity index (χ0v) is 19.8. The van der Waals surface area contributed by atoms with E-state index in [4.69, 9.17) is 0 Å². The molecule has 0 saturated heterocycles. The minimum Gasteiger partial charge on any atom is -0.319 e. The first-order valence-electron chi connectivity index (χ1n) is 11.3. The van der Waals surface area contributed by atoms with Crippen molar-refractivity contribution in [2.45, 2.75) is 57.4 Å². The molecule has 10 heteroatoms. The third kappa shape index (κ3) is 4.24. The molecule has 2 saturated carbocycles. The Morgan fingerprint density at radius 3 is 2.55 bits per heavy atom. The van der Waals surface area contributed by atoms with Crippen LogP contribution in [0.15, 0.2) is 35.2 Å². The number of anilines is 1. The van der Waals surface area contributed by atoms with Gasteiger partial charge in [-0.2, -0.15) is 4.98 Å². The van der Waals surface area contributed by atoms with E-state index in [1.54, 1.807) is 12.1 Å². The Hall–Kier alpha value is -2.85. The van der Waals surface area contributed by atoms with Crippen molar-refractivity contribution < 1.29 is 13.2 Å². The highest BCUT2D eigenvalue weighted by Crippen LogP contribution is 2.49. The Kier molecular flexibility index (Phi) is 5.44. The van der Waals surface area contributed by atoms with Crippen molar-refractivity contribution >= 4 is 27.4 Å². The standard InChI is InChI=1S/C23H28N6O3S/c1-13-10-14(2)29-23(24-13)26-21(27-29)22(30)25-18-6-8-19(9-7-18)33(31,32)28-15(3)20-12-16-4-5-17(20)11-16/h6-10,15-17,20,28H,4-5,11-12H2,1-3H3,(H,25,30)/t15-,16+,17+,20+/m0/s1. The summed E-state index contributed by atoms with van der Waals surface area (Å²) in [5.74, 6) is 1.68. The second kappa shape index (κ2) is 8.18. The topological polar surface area (TPSA) is 118 Å². The largest absolute Gasteiger partial charge is 0.319 e. The van der Waals surface area contributed by atoms with Crippen LogP contribution < -0.4 is 10.0 Å². The summed E-state index contributed by atoms with van der Waals surface area (Å²) < 4.78 is 30.2. The van der Waals surface area contributed by atoms with Gasteiger partial charge >= 0.3 is 0 Å². The molecule has 5 rings (SSSR count). The molecule has 2 aliphatic carbocycles. The summed E-state index contributed by atoms with van der Waals surface area (Å²) in [5, 5.41) is 6.93. The third-order valence-electron chi connectivity index (χ3n) is 7.02. The smallest absolute Gasteiger partial charge is 0.295 e. The summed E-state index contributed by atoms with van der Waals surface area (Å²) in [4.78, 5) is 21.3. The molecule has 3 aromatic rings. The molecule has 2 bridgehead atoms. The number of carbonyl (C=O) groups excluding carboxylic acids is 1. The second-order valence-electron chi connectivity index (χ2n) is 9.41. The minimum atomic E-state index is -3.64. The Morgan fingerprint density at radius 2 is 1.88 bits per heavy atom. The summed E-state index contributed by atoms with van der Waals surface area (Å²) in [6.07, 6.45) is 4.85. The van der Waals surface area contributed by atoms with E-state index >= 15 is 0 Å². The number of rotatable bonds is 6. The molecule has 1 aromatic carbocycles. The number of hydrogen-bond acceptors (Lipinski definition) is 6. The molecule has 0 aliphatic heterocycles. The predicted molar refractivity (Wildman–Crippen MR) is 123 cm³/mol. The Balaban J connectivity index is 1.26. The van der Waals surface area contributed by atoms with Crippen molar-refractivity contribution in [1.29, 1.82) is 0 Å². The van der Waals surface area contributed by atoms with Crippen LogP contribution in [-0.4, -0.2) is 39.9 Å². The monoisotopic (exact) mass is 468 g/mol. The van der Waals surface area contributed by atoms with Gasteiger partial charge in [-0.15, -0.1) is 5.10 Å². The second-order valence-corrected chi connectivity index (χ2v) is 11.1. The maximum atomic E-state index is 12.9. The van der Waals surface area contributed by atoms with Gasteiger partial charge in [0.15, 0.2) is 0 Å². The predicted octanol–water partition coefficient (Wildman–Crippen LogP) is 3.10. The van der Waals surface area contributed by atoms with Crippen molar-refractivity contribution in [3.63, 3.8) is 0 Å². The van der Waals surface area contributed by atoms with E-state index in [0.29, 0.717) is 23.3 Å². The van der Waals surface area contributed by atoms with Crippen molar-refractivity contribution in [2.75, 3.05) is 5.32 Å². The van der Waals surface area contributed by atoms with Gasteiger partial charge in [0.1, 0.15) is 0 Å². The first kappa shape index (κ1) is 22.0. The van der Waals surface area contributed by atoms with E-state index in [1.807, 2.05) is 26.8 Å². The fourth-order valence-electron chi connectivity index (χ4n) is 5.47. The third-order valence-corrected chi connectivity index (χ3v) is 8.59. The van der Waals surface area contributed by atoms with Gasteiger partial charge in [0.2, 0.25) is 15.8 Å². The van der Waals surface area contributed by atoms with Crippen molar-refractivity contribution in [3.05, 3.63) is 47.5 Å². The number of sulfonamides is 1. The van der Waals surface area contributed by atoms with Gasteiger partial charge in [-0.05, 0) is 88.1 Å². The highest BCUT2D eigenvalue weighted by molar-refractivity contribution is 7.89. The maximum Gasteiger partial charge on any atom is 0.295 e. The summed E-state index contributed by atoms with van der Waals surface area (Å²) in [6.45, 7) is 5.69. The van der Waals surface area contributed by atoms with E-state index < -0.39 is 15.9 Å². The zero-order chi connectivity index (χ0) is 23.3. The molecule has 33 heavy (non-hydrogen) atoms. The van der Waals surface area contributed by atoms with Crippen molar-refractivity contribution in [2.24, 2.45) is 17.8 Å². The summed E-state index contributed by atoms with van der Waals surface area (Å²) in [7, 11) is -3.64. The SMILES string of the molecule is Cc1cc(C)n2nc(C(=O)Nc3ccc(S(=O)(=O)N[C@@H](C)[C@H]4C[C@@H]5CC[C@@H]4C5)cc3)nc2n1. The van der Waals surface area contributed by atoms with E-state index in [1.165, 1.54) is 35.9 Å². The number of aryl methyl sites for hydroxylation is 2. The molecular weight excluding hydrogens is 440 g/mol. The summed E-state index contributed by atoms with van der Waals surface area (Å²) in [5.41, 5.74) is 2.07. The average molecular weight is 469 g/mol. The lowest BCUT2D eigenvalue weighted by molar-refractivity contribution is 0.101. The molecule has 2 fully saturated rings. The molecule has 4 atom stereocenters. The molecule has 2 aromatic heterocycles. The number of fused-ring (bicyclic) bond motifs is 3. The van der Waals surface area contributed by atoms with Crippen LogP contribution >= 0.6 is 0 Å². The lowest BCUT2D eigenvalue weighted by Crippen LogP contribution is -2.40. The number of nitrogens with one attached hydrogen (secondary N) is 2. The fraction of sp³-hybridized carbons (Fsp3) is 0.478. The van der Waals surface area contributed by atoms with Crippen LogP contribution in [0.4, 0.5) is 5.69 Å². The molecule has 0 radical (unpaired) electrons. The lowest BCUT2D eigenvalue weighted by atomic mass is 9.84. The number of benzene rings is 1. The van der Waals surface area contributed by atoms with Crippen LogP contribution in [0.5, 0.6) is 0 Å². The number of hydrogen-bond donors (Lipinski definition) is 2. The molecule has 9 nitrogen and oxygen atoms in total. The van der Waals surface area contributed by atoms with Crippen molar-refractivity contribution in [1.82, 2.24) is 24.3 Å². The number of aromatic nitrogens is 4. The van der Waals surface area contributed by atoms with E-state index in [2.05, 4.69) is 25.1 Å². The van der Waals surface area contributed by atoms with Crippen molar-refractivity contribution in [3.8, 4) is 0 Å². The quantitative estimate of drug-likeness (QED) is 0.574. The van der Waals surface area contributed by atoms with Crippen LogP contribution in [0.25, 0.3) is 5.78 Å². The van der Waals surface area contributed by atoms with Crippen LogP contribution in [0.2, 0.25) is 0 Å². The van der Waals surface area contributed by atoms with Gasteiger partial charge in [0.25, 0.3) is 11.7 Å². The van der Waals surface area contributed by atoms with Gasteiger partial charge in [-0.1, -0.05) is 6.42 Å². The number of carbonyl (C=O) groups is 1. The van der Waals surface area contributed by atoms with E-state index in [-0.39, 0.29) is 16.8 Å². The summed E-state index contributed by atoms with van der Waals surface area (Å²) in [6, 6.07) is 7.90. The van der Waals surface area contributed by atoms with E-state index in [0.717, 1.165) is 23.7 Å². The molecule has 174 valence electrons. The van der Waals surface area contributed by atoms with Crippen LogP contribution in [0.1, 0.15) is 54.6 Å². The maximum absolute atomic E-state index is 12.9. The normalized spacial score (nSPS) is 23.2. The number of amides is 1. The minimum absolute atomic E-state index is 0.00532. The Labute approximate surface area is 193 Å². The first-order chi connectivity index (χ1) is 15.7. The van der Waals surface area contributed by atoms with Gasteiger partial charge in [0.05, 0.1) is 4.90 Å². The molecule has 2 aliphatic rings. The molecule has 2 heterocycles. The molecule has 1 amide bonds. The Morgan fingerprint density at radius 1 is 1.12 bits per heavy atom. The van der Waals surface area contributed by atoms with E-state index in [9.17, 15) is 13.2 Å². The van der Waals surface area contributed by atoms with Gasteiger partial charge in [-0.25, -0.2) is 22.6 Å². The first-order valence-corrected chi connectivity index (χ1v) is 12.8. The zero-order valence-electron chi connectivity index (χ0n) is 18.9. The summed E-state index contributed by atoms with van der Waals surface area (Å²) >= 11 is 0. The molecular formula is C23H28N6O3S. The van der Waals surface area contributed by atoms with Crippen LogP contribution in [-0.2, 0) is 10.0 Å². The Bertz CT molecular complexity index is 1320. The van der Waals surface area contributed by atoms with Gasteiger partial charge in [0, 0.05) is 23.1 Å². The van der Waals surface area contributed by atoms with Gasteiger partial charge in [-0.3, -0.25) is 4.79 Å². The number of nitrogens with zero attached hydrogens (tertiary/aromatic N) is 4. The molecule has 0 unspecified atom stereocenters. The van der Waals surface area contributed by atoms with Gasteiger partial charge < -0.3 is 5.32 Å². The highest BCUT2D eigenvalue weighted by Gasteiger charge is 2.42. The average Bonchev–Trinajstić information content (AvgIpc) is 3.49. The van der Waals surface area contributed by atoms with Crippen LogP contribution in [0, 0.1) is 31.6 Å². The van der Waals surface area contributed by atoms with Crippen LogP contribution in [0.3, 0.4) is 0 Å². The fourth-order valence-corrected chi connectivity index (χ4v) is 6.77. The molecule has 2 N–H and O–H groups in total. The lowest BCUT2D eigenvalue weighted by Gasteiger charge is -2.28. The highest BCUT2D eigenvalue weighted by atomic mass is 32.2. The molecule has 0 spiro atoms.